The zero-order valence-electron chi connectivity index (χ0n) is 11.1. The van der Waals surface area contributed by atoms with Crippen molar-refractivity contribution < 1.29 is 9.47 Å². The molecule has 0 bridgehead atoms. The minimum absolute atomic E-state index is 0.289. The van der Waals surface area contributed by atoms with E-state index in [0.29, 0.717) is 6.79 Å². The van der Waals surface area contributed by atoms with Gasteiger partial charge in [0.05, 0.1) is 0 Å². The quantitative estimate of drug-likeness (QED) is 0.924. The maximum atomic E-state index is 5.41. The SMILES string of the molecule is Cc1ccc(CNC(C)c2ccc3c(c2)OCO3)s1. The number of ether oxygens (including phenoxy) is 2. The van der Waals surface area contributed by atoms with Gasteiger partial charge in [0.25, 0.3) is 0 Å². The molecule has 1 atom stereocenters. The van der Waals surface area contributed by atoms with Crippen LogP contribution in [0.2, 0.25) is 0 Å². The molecule has 1 N–H and O–H groups in total. The van der Waals surface area contributed by atoms with E-state index in [4.69, 9.17) is 9.47 Å². The molecule has 3 rings (SSSR count). The first-order valence-electron chi connectivity index (χ1n) is 6.40. The monoisotopic (exact) mass is 275 g/mol. The number of aryl methyl sites for hydroxylation is 1. The lowest BCUT2D eigenvalue weighted by molar-refractivity contribution is 0.174. The first kappa shape index (κ1) is 12.5. The number of benzene rings is 1. The van der Waals surface area contributed by atoms with Crippen LogP contribution in [0.5, 0.6) is 11.5 Å². The summed E-state index contributed by atoms with van der Waals surface area (Å²) < 4.78 is 10.7. The molecule has 1 aliphatic heterocycles. The summed E-state index contributed by atoms with van der Waals surface area (Å²) in [6, 6.07) is 10.7. The van der Waals surface area contributed by atoms with Gasteiger partial charge in [-0.1, -0.05) is 6.07 Å². The van der Waals surface area contributed by atoms with Crippen LogP contribution in [0, 0.1) is 6.92 Å². The van der Waals surface area contributed by atoms with Crippen LogP contribution in [0.1, 0.15) is 28.3 Å². The van der Waals surface area contributed by atoms with Gasteiger partial charge in [-0.05, 0) is 43.7 Å². The van der Waals surface area contributed by atoms with Gasteiger partial charge >= 0.3 is 0 Å². The van der Waals surface area contributed by atoms with Gasteiger partial charge in [0.2, 0.25) is 6.79 Å². The molecule has 0 saturated carbocycles. The number of fused-ring (bicyclic) bond motifs is 1. The van der Waals surface area contributed by atoms with Crippen LogP contribution in [0.25, 0.3) is 0 Å². The van der Waals surface area contributed by atoms with Crippen molar-refractivity contribution in [2.24, 2.45) is 0 Å². The molecular formula is C15H17NO2S. The summed E-state index contributed by atoms with van der Waals surface area (Å²) in [5.74, 6) is 1.68. The summed E-state index contributed by atoms with van der Waals surface area (Å²) in [6.45, 7) is 5.52. The van der Waals surface area contributed by atoms with E-state index in [1.165, 1.54) is 15.3 Å². The van der Waals surface area contributed by atoms with Crippen molar-refractivity contribution in [3.63, 3.8) is 0 Å². The molecule has 1 aromatic carbocycles. The second-order valence-corrected chi connectivity index (χ2v) is 6.10. The Morgan fingerprint density at radius 3 is 2.84 bits per heavy atom. The highest BCUT2D eigenvalue weighted by molar-refractivity contribution is 7.11. The topological polar surface area (TPSA) is 30.5 Å². The van der Waals surface area contributed by atoms with Crippen LogP contribution >= 0.6 is 11.3 Å². The fraction of sp³-hybridized carbons (Fsp3) is 0.333. The average molecular weight is 275 g/mol. The Morgan fingerprint density at radius 2 is 2.05 bits per heavy atom. The minimum atomic E-state index is 0.289. The lowest BCUT2D eigenvalue weighted by atomic mass is 10.1. The van der Waals surface area contributed by atoms with Gasteiger partial charge in [-0.2, -0.15) is 0 Å². The lowest BCUT2D eigenvalue weighted by Gasteiger charge is -2.14. The van der Waals surface area contributed by atoms with Gasteiger partial charge in [0, 0.05) is 22.3 Å². The third-order valence-electron chi connectivity index (χ3n) is 3.28. The van der Waals surface area contributed by atoms with E-state index in [-0.39, 0.29) is 6.04 Å². The Kier molecular flexibility index (Phi) is 3.44. The molecule has 3 nitrogen and oxygen atoms in total. The minimum Gasteiger partial charge on any atom is -0.454 e. The molecular weight excluding hydrogens is 258 g/mol. The molecule has 1 aliphatic rings. The van der Waals surface area contributed by atoms with Crippen molar-refractivity contribution in [3.05, 3.63) is 45.6 Å². The highest BCUT2D eigenvalue weighted by atomic mass is 32.1. The van der Waals surface area contributed by atoms with Crippen LogP contribution in [0.3, 0.4) is 0 Å². The van der Waals surface area contributed by atoms with Crippen molar-refractivity contribution >= 4 is 11.3 Å². The Labute approximate surface area is 117 Å². The first-order valence-corrected chi connectivity index (χ1v) is 7.22. The smallest absolute Gasteiger partial charge is 0.231 e. The molecule has 1 unspecified atom stereocenters. The van der Waals surface area contributed by atoms with E-state index in [2.05, 4.69) is 43.4 Å². The lowest BCUT2D eigenvalue weighted by Crippen LogP contribution is -2.17. The Morgan fingerprint density at radius 1 is 1.21 bits per heavy atom. The summed E-state index contributed by atoms with van der Waals surface area (Å²) in [5.41, 5.74) is 1.22. The van der Waals surface area contributed by atoms with Crippen LogP contribution < -0.4 is 14.8 Å². The number of rotatable bonds is 4. The first-order chi connectivity index (χ1) is 9.22. The molecule has 0 radical (unpaired) electrons. The molecule has 0 saturated heterocycles. The number of nitrogens with one attached hydrogen (secondary N) is 1. The van der Waals surface area contributed by atoms with Crippen molar-refractivity contribution in [2.75, 3.05) is 6.79 Å². The molecule has 0 aliphatic carbocycles. The highest BCUT2D eigenvalue weighted by Crippen LogP contribution is 2.34. The van der Waals surface area contributed by atoms with E-state index in [9.17, 15) is 0 Å². The fourth-order valence-corrected chi connectivity index (χ4v) is 2.98. The molecule has 100 valence electrons. The summed E-state index contributed by atoms with van der Waals surface area (Å²) in [7, 11) is 0. The average Bonchev–Trinajstić information content (AvgIpc) is 3.03. The van der Waals surface area contributed by atoms with Crippen LogP contribution in [0.15, 0.2) is 30.3 Å². The molecule has 0 fully saturated rings. The largest absolute Gasteiger partial charge is 0.454 e. The second kappa shape index (κ2) is 5.23. The second-order valence-electron chi connectivity index (χ2n) is 4.73. The predicted molar refractivity (Wildman–Crippen MR) is 76.9 cm³/mol. The molecule has 0 spiro atoms. The number of hydrogen-bond acceptors (Lipinski definition) is 4. The van der Waals surface area contributed by atoms with E-state index in [0.717, 1.165) is 18.0 Å². The molecule has 0 amide bonds. The predicted octanol–water partition coefficient (Wildman–Crippen LogP) is 3.64. The van der Waals surface area contributed by atoms with E-state index >= 15 is 0 Å². The van der Waals surface area contributed by atoms with Crippen molar-refractivity contribution in [2.45, 2.75) is 26.4 Å². The highest BCUT2D eigenvalue weighted by Gasteiger charge is 2.15. The van der Waals surface area contributed by atoms with Gasteiger partial charge in [-0.3, -0.25) is 0 Å². The van der Waals surface area contributed by atoms with Gasteiger partial charge in [-0.15, -0.1) is 11.3 Å². The number of thiophene rings is 1. The fourth-order valence-electron chi connectivity index (χ4n) is 2.13. The van der Waals surface area contributed by atoms with Crippen molar-refractivity contribution in [1.82, 2.24) is 5.32 Å². The normalized spacial score (nSPS) is 14.6. The summed E-state index contributed by atoms with van der Waals surface area (Å²) in [6.07, 6.45) is 0. The third kappa shape index (κ3) is 2.74. The van der Waals surface area contributed by atoms with Crippen LogP contribution in [-0.2, 0) is 6.54 Å². The van der Waals surface area contributed by atoms with E-state index in [1.54, 1.807) is 0 Å². The Bertz CT molecular complexity index is 579. The van der Waals surface area contributed by atoms with Gasteiger partial charge in [0.1, 0.15) is 0 Å². The molecule has 1 aromatic heterocycles. The standard InChI is InChI=1S/C15H17NO2S/c1-10-3-5-13(19-10)8-16-11(2)12-4-6-14-15(7-12)18-9-17-14/h3-7,11,16H,8-9H2,1-2H3. The van der Waals surface area contributed by atoms with Crippen molar-refractivity contribution in [1.29, 1.82) is 0 Å². The Balaban J connectivity index is 1.65. The molecule has 19 heavy (non-hydrogen) atoms. The zero-order chi connectivity index (χ0) is 13.2. The van der Waals surface area contributed by atoms with E-state index < -0.39 is 0 Å². The van der Waals surface area contributed by atoms with Crippen LogP contribution in [0.4, 0.5) is 0 Å². The van der Waals surface area contributed by atoms with Crippen LogP contribution in [-0.4, -0.2) is 6.79 Å². The Hall–Kier alpha value is -1.52. The third-order valence-corrected chi connectivity index (χ3v) is 4.28. The molecule has 2 heterocycles. The van der Waals surface area contributed by atoms with Gasteiger partial charge < -0.3 is 14.8 Å². The summed E-state index contributed by atoms with van der Waals surface area (Å²) >= 11 is 1.84. The van der Waals surface area contributed by atoms with Crippen molar-refractivity contribution in [3.8, 4) is 11.5 Å². The van der Waals surface area contributed by atoms with Gasteiger partial charge in [-0.25, -0.2) is 0 Å². The summed E-state index contributed by atoms with van der Waals surface area (Å²) in [4.78, 5) is 2.72. The maximum absolute atomic E-state index is 5.41. The zero-order valence-corrected chi connectivity index (χ0v) is 11.9. The van der Waals surface area contributed by atoms with Gasteiger partial charge in [0.15, 0.2) is 11.5 Å². The molecule has 2 aromatic rings. The summed E-state index contributed by atoms with van der Waals surface area (Å²) in [5, 5.41) is 3.53. The maximum Gasteiger partial charge on any atom is 0.231 e. The number of hydrogen-bond donors (Lipinski definition) is 1. The van der Waals surface area contributed by atoms with E-state index in [1.807, 2.05) is 17.4 Å². The molecule has 4 heteroatoms.